The van der Waals surface area contributed by atoms with E-state index in [1.165, 1.54) is 45.1 Å². The van der Waals surface area contributed by atoms with Crippen LogP contribution in [-0.2, 0) is 0 Å². The van der Waals surface area contributed by atoms with E-state index < -0.39 is 0 Å². The molecule has 0 amide bonds. The van der Waals surface area contributed by atoms with Gasteiger partial charge in [0.2, 0.25) is 0 Å². The summed E-state index contributed by atoms with van der Waals surface area (Å²) in [4.78, 5) is 2.77. The fourth-order valence-electron chi connectivity index (χ4n) is 3.75. The Morgan fingerprint density at radius 2 is 1.90 bits per heavy atom. The van der Waals surface area contributed by atoms with Crippen molar-refractivity contribution in [3.8, 4) is 0 Å². The van der Waals surface area contributed by atoms with Gasteiger partial charge in [0.1, 0.15) is 0 Å². The van der Waals surface area contributed by atoms with E-state index in [1.54, 1.807) is 0 Å². The molecule has 2 rings (SSSR count). The second kappa shape index (κ2) is 7.60. The van der Waals surface area contributed by atoms with Crippen molar-refractivity contribution in [2.75, 3.05) is 13.1 Å². The molecule has 2 aliphatic heterocycles. The van der Waals surface area contributed by atoms with Gasteiger partial charge in [-0.2, -0.15) is 0 Å². The lowest BCUT2D eigenvalue weighted by molar-refractivity contribution is 0.0282. The van der Waals surface area contributed by atoms with Gasteiger partial charge in [-0.15, -0.1) is 0 Å². The molecule has 20 heavy (non-hydrogen) atoms. The molecule has 0 spiro atoms. The molecule has 2 atom stereocenters. The number of piperidine rings is 2. The first-order valence-corrected chi connectivity index (χ1v) is 8.81. The summed E-state index contributed by atoms with van der Waals surface area (Å²) in [6.07, 6.45) is 7.97. The molecule has 0 aromatic rings. The highest BCUT2D eigenvalue weighted by atomic mass is 32.1. The van der Waals surface area contributed by atoms with Crippen LogP contribution in [0.5, 0.6) is 0 Å². The summed E-state index contributed by atoms with van der Waals surface area (Å²) in [5.74, 6) is 0.639. The topological polar surface area (TPSA) is 27.3 Å². The van der Waals surface area contributed by atoms with E-state index in [1.807, 2.05) is 0 Å². The molecular formula is C16H31N3S. The average molecular weight is 298 g/mol. The summed E-state index contributed by atoms with van der Waals surface area (Å²) in [6, 6.07) is 2.14. The smallest absolute Gasteiger partial charge is 0.166 e. The van der Waals surface area contributed by atoms with E-state index in [9.17, 15) is 0 Å². The van der Waals surface area contributed by atoms with Gasteiger partial charge < -0.3 is 10.6 Å². The second-order valence-corrected chi connectivity index (χ2v) is 7.30. The highest BCUT2D eigenvalue weighted by molar-refractivity contribution is 7.80. The second-order valence-electron chi connectivity index (χ2n) is 6.89. The molecule has 2 N–H and O–H groups in total. The predicted octanol–water partition coefficient (Wildman–Crippen LogP) is 2.90. The summed E-state index contributed by atoms with van der Waals surface area (Å²) in [5.41, 5.74) is 0. The van der Waals surface area contributed by atoms with E-state index in [2.05, 4.69) is 36.3 Å². The van der Waals surface area contributed by atoms with Gasteiger partial charge in [0.05, 0.1) is 0 Å². The van der Waals surface area contributed by atoms with Crippen molar-refractivity contribution < 1.29 is 0 Å². The first-order chi connectivity index (χ1) is 9.60. The lowest BCUT2D eigenvalue weighted by Crippen LogP contribution is -2.58. The first-order valence-electron chi connectivity index (χ1n) is 8.40. The zero-order valence-electron chi connectivity index (χ0n) is 13.3. The van der Waals surface area contributed by atoms with Crippen LogP contribution in [0, 0.1) is 5.92 Å². The Kier molecular flexibility index (Phi) is 6.09. The number of nitrogens with one attached hydrogen (secondary N) is 2. The van der Waals surface area contributed by atoms with Gasteiger partial charge in [-0.25, -0.2) is 0 Å². The fourth-order valence-corrected chi connectivity index (χ4v) is 4.00. The highest BCUT2D eigenvalue weighted by Gasteiger charge is 2.37. The van der Waals surface area contributed by atoms with E-state index in [4.69, 9.17) is 12.2 Å². The van der Waals surface area contributed by atoms with Gasteiger partial charge in [-0.1, -0.05) is 27.2 Å². The summed E-state index contributed by atoms with van der Waals surface area (Å²) in [6.45, 7) is 8.96. The van der Waals surface area contributed by atoms with Crippen LogP contribution in [0.1, 0.15) is 59.3 Å². The van der Waals surface area contributed by atoms with Gasteiger partial charge in [-0.3, -0.25) is 4.90 Å². The van der Waals surface area contributed by atoms with E-state index in [0.717, 1.165) is 23.7 Å². The Morgan fingerprint density at radius 1 is 1.25 bits per heavy atom. The van der Waals surface area contributed by atoms with Gasteiger partial charge in [0.15, 0.2) is 5.11 Å². The van der Waals surface area contributed by atoms with Crippen LogP contribution in [-0.4, -0.2) is 41.2 Å². The number of hydrogen-bond acceptors (Lipinski definition) is 2. The zero-order chi connectivity index (χ0) is 14.5. The molecule has 0 aromatic carbocycles. The lowest BCUT2D eigenvalue weighted by Gasteiger charge is -2.49. The van der Waals surface area contributed by atoms with Crippen molar-refractivity contribution in [2.24, 2.45) is 5.92 Å². The molecule has 2 heterocycles. The maximum atomic E-state index is 5.43. The highest BCUT2D eigenvalue weighted by Crippen LogP contribution is 2.34. The summed E-state index contributed by atoms with van der Waals surface area (Å²) in [5, 5.41) is 7.75. The average Bonchev–Trinajstić information content (AvgIpc) is 2.37. The first kappa shape index (κ1) is 16.0. The van der Waals surface area contributed by atoms with Crippen molar-refractivity contribution >= 4 is 17.3 Å². The molecule has 0 saturated carbocycles. The van der Waals surface area contributed by atoms with Crippen LogP contribution in [0.3, 0.4) is 0 Å². The number of rotatable bonds is 5. The van der Waals surface area contributed by atoms with Crippen LogP contribution < -0.4 is 10.6 Å². The molecule has 0 aromatic heterocycles. The van der Waals surface area contributed by atoms with Gasteiger partial charge in [0.25, 0.3) is 0 Å². The van der Waals surface area contributed by atoms with E-state index >= 15 is 0 Å². The van der Waals surface area contributed by atoms with Gasteiger partial charge >= 0.3 is 0 Å². The SMILES string of the molecule is CCCN1[C@@H]2CCC[C@@H]1CC(NC(=S)NCC(C)C)C2. The van der Waals surface area contributed by atoms with Crippen molar-refractivity contribution in [1.29, 1.82) is 0 Å². The number of fused-ring (bicyclic) bond motifs is 2. The molecular weight excluding hydrogens is 266 g/mol. The van der Waals surface area contributed by atoms with Gasteiger partial charge in [-0.05, 0) is 56.8 Å². The number of nitrogens with zero attached hydrogens (tertiary/aromatic N) is 1. The molecule has 0 unspecified atom stereocenters. The van der Waals surface area contributed by atoms with Crippen molar-refractivity contribution in [2.45, 2.75) is 77.4 Å². The maximum absolute atomic E-state index is 5.43. The molecule has 2 saturated heterocycles. The maximum Gasteiger partial charge on any atom is 0.166 e. The Balaban J connectivity index is 1.82. The van der Waals surface area contributed by atoms with Crippen molar-refractivity contribution in [3.63, 3.8) is 0 Å². The summed E-state index contributed by atoms with van der Waals surface area (Å²) in [7, 11) is 0. The predicted molar refractivity (Wildman–Crippen MR) is 90.0 cm³/mol. The Morgan fingerprint density at radius 3 is 2.45 bits per heavy atom. The molecule has 4 heteroatoms. The van der Waals surface area contributed by atoms with Crippen LogP contribution in [0.15, 0.2) is 0 Å². The Bertz CT molecular complexity index is 305. The van der Waals surface area contributed by atoms with Crippen LogP contribution >= 0.6 is 12.2 Å². The largest absolute Gasteiger partial charge is 0.362 e. The number of hydrogen-bond donors (Lipinski definition) is 2. The Labute approximate surface area is 129 Å². The normalized spacial score (nSPS) is 30.3. The third-order valence-electron chi connectivity index (χ3n) is 4.61. The minimum atomic E-state index is 0.575. The molecule has 2 fully saturated rings. The molecule has 0 radical (unpaired) electrons. The molecule has 2 aliphatic rings. The Hall–Kier alpha value is -0.350. The van der Waals surface area contributed by atoms with Crippen LogP contribution in [0.2, 0.25) is 0 Å². The van der Waals surface area contributed by atoms with Gasteiger partial charge in [0, 0.05) is 24.7 Å². The quantitative estimate of drug-likeness (QED) is 0.763. The van der Waals surface area contributed by atoms with Crippen LogP contribution in [0.4, 0.5) is 0 Å². The number of thiocarbonyl (C=S) groups is 1. The van der Waals surface area contributed by atoms with E-state index in [0.29, 0.717) is 12.0 Å². The minimum Gasteiger partial charge on any atom is -0.362 e. The van der Waals surface area contributed by atoms with E-state index in [-0.39, 0.29) is 0 Å². The van der Waals surface area contributed by atoms with Crippen molar-refractivity contribution in [1.82, 2.24) is 15.5 Å². The zero-order valence-corrected chi connectivity index (χ0v) is 14.1. The third kappa shape index (κ3) is 4.32. The molecule has 116 valence electrons. The summed E-state index contributed by atoms with van der Waals surface area (Å²) < 4.78 is 0. The monoisotopic (exact) mass is 297 g/mol. The van der Waals surface area contributed by atoms with Crippen molar-refractivity contribution in [3.05, 3.63) is 0 Å². The van der Waals surface area contributed by atoms with Crippen LogP contribution in [0.25, 0.3) is 0 Å². The molecule has 3 nitrogen and oxygen atoms in total. The standard InChI is InChI=1S/C16H31N3S/c1-4-8-19-14-6-5-7-15(19)10-13(9-14)18-16(20)17-11-12(2)3/h12-15H,4-11H2,1-3H3,(H2,17,18,20)/t14-,15-/m1/s1. The third-order valence-corrected chi connectivity index (χ3v) is 4.88. The fraction of sp³-hybridized carbons (Fsp3) is 0.938. The summed E-state index contributed by atoms with van der Waals surface area (Å²) >= 11 is 5.43. The lowest BCUT2D eigenvalue weighted by atomic mass is 9.81. The molecule has 2 bridgehead atoms. The molecule has 0 aliphatic carbocycles. The minimum absolute atomic E-state index is 0.575.